The number of hydrogen-bond acceptors (Lipinski definition) is 5. The molecule has 0 unspecified atom stereocenters. The summed E-state index contributed by atoms with van der Waals surface area (Å²) in [5.74, 6) is -0.735. The quantitative estimate of drug-likeness (QED) is 0.465. The molecule has 0 spiro atoms. The molecule has 1 aliphatic rings. The van der Waals surface area contributed by atoms with Gasteiger partial charge in [0.15, 0.2) is 0 Å². The van der Waals surface area contributed by atoms with E-state index in [1.165, 1.54) is 10.9 Å². The zero-order valence-corrected chi connectivity index (χ0v) is 10.2. The second kappa shape index (κ2) is 5.16. The Labute approximate surface area is 104 Å². The first kappa shape index (κ1) is 12.5. The van der Waals surface area contributed by atoms with Crippen molar-refractivity contribution >= 4 is 11.7 Å². The highest BCUT2D eigenvalue weighted by Crippen LogP contribution is 2.31. The summed E-state index contributed by atoms with van der Waals surface area (Å²) in [6.45, 7) is 1.82. The molecule has 0 radical (unpaired) electrons. The lowest BCUT2D eigenvalue weighted by Gasteiger charge is -2.07. The first-order chi connectivity index (χ1) is 8.63. The zero-order valence-electron chi connectivity index (χ0n) is 10.2. The number of rotatable bonds is 4. The topological polar surface area (TPSA) is 87.3 Å². The molecule has 1 fully saturated rings. The first-order valence-electron chi connectivity index (χ1n) is 6.04. The average molecular weight is 253 g/mol. The van der Waals surface area contributed by atoms with E-state index in [0.717, 1.165) is 25.7 Å². The average Bonchev–Trinajstić information content (AvgIpc) is 2.98. The Bertz CT molecular complexity index is 463. The molecule has 0 amide bonds. The molecule has 0 N–H and O–H groups in total. The summed E-state index contributed by atoms with van der Waals surface area (Å²) in [4.78, 5) is 21.9. The van der Waals surface area contributed by atoms with Crippen LogP contribution in [0.15, 0.2) is 6.20 Å². The van der Waals surface area contributed by atoms with Crippen molar-refractivity contribution in [2.75, 3.05) is 6.61 Å². The van der Waals surface area contributed by atoms with E-state index >= 15 is 0 Å². The van der Waals surface area contributed by atoms with Gasteiger partial charge in [-0.15, -0.1) is 0 Å². The molecular formula is C11H15N3O4. The van der Waals surface area contributed by atoms with Crippen LogP contribution in [0.3, 0.4) is 0 Å². The zero-order chi connectivity index (χ0) is 13.1. The van der Waals surface area contributed by atoms with Crippen molar-refractivity contribution in [3.63, 3.8) is 0 Å². The Kier molecular flexibility index (Phi) is 3.59. The van der Waals surface area contributed by atoms with E-state index in [2.05, 4.69) is 5.10 Å². The van der Waals surface area contributed by atoms with Crippen molar-refractivity contribution in [3.8, 4) is 0 Å². The summed E-state index contributed by atoms with van der Waals surface area (Å²) in [6.07, 6.45) is 5.41. The van der Waals surface area contributed by atoms with Crippen LogP contribution in [0.25, 0.3) is 0 Å². The third kappa shape index (κ3) is 2.34. The van der Waals surface area contributed by atoms with Gasteiger partial charge >= 0.3 is 11.7 Å². The fourth-order valence-electron chi connectivity index (χ4n) is 2.22. The summed E-state index contributed by atoms with van der Waals surface area (Å²) in [5, 5.41) is 14.9. The molecule has 7 heteroatoms. The van der Waals surface area contributed by atoms with E-state index < -0.39 is 10.9 Å². The van der Waals surface area contributed by atoms with Crippen LogP contribution >= 0.6 is 0 Å². The Morgan fingerprint density at radius 3 is 2.83 bits per heavy atom. The minimum Gasteiger partial charge on any atom is -0.461 e. The van der Waals surface area contributed by atoms with Crippen LogP contribution in [0, 0.1) is 10.1 Å². The summed E-state index contributed by atoms with van der Waals surface area (Å²) < 4.78 is 6.31. The van der Waals surface area contributed by atoms with E-state index in [1.54, 1.807) is 6.92 Å². The number of hydrogen-bond donors (Lipinski definition) is 0. The number of nitro groups is 1. The molecule has 1 heterocycles. The molecule has 2 rings (SSSR count). The van der Waals surface area contributed by atoms with Gasteiger partial charge in [-0.25, -0.2) is 4.79 Å². The number of esters is 1. The SMILES string of the molecule is CCOC(=O)c1nn(C2CCCC2)cc1[N+](=O)[O-]. The van der Waals surface area contributed by atoms with Crippen LogP contribution in [-0.2, 0) is 4.74 Å². The smallest absolute Gasteiger partial charge is 0.366 e. The monoisotopic (exact) mass is 253 g/mol. The largest absolute Gasteiger partial charge is 0.461 e. The lowest BCUT2D eigenvalue weighted by atomic mass is 10.3. The van der Waals surface area contributed by atoms with Crippen molar-refractivity contribution in [2.45, 2.75) is 38.6 Å². The third-order valence-electron chi connectivity index (χ3n) is 3.08. The molecular weight excluding hydrogens is 238 g/mol. The van der Waals surface area contributed by atoms with Crippen LogP contribution in [0.4, 0.5) is 5.69 Å². The number of carbonyl (C=O) groups excluding carboxylic acids is 1. The van der Waals surface area contributed by atoms with Crippen LogP contribution in [0.1, 0.15) is 49.1 Å². The van der Waals surface area contributed by atoms with E-state index in [0.29, 0.717) is 0 Å². The fraction of sp³-hybridized carbons (Fsp3) is 0.636. The molecule has 0 aliphatic heterocycles. The van der Waals surface area contributed by atoms with Crippen LogP contribution < -0.4 is 0 Å². The van der Waals surface area contributed by atoms with Gasteiger partial charge in [-0.1, -0.05) is 12.8 Å². The van der Waals surface area contributed by atoms with Gasteiger partial charge in [-0.2, -0.15) is 5.10 Å². The molecule has 18 heavy (non-hydrogen) atoms. The van der Waals surface area contributed by atoms with Crippen molar-refractivity contribution in [3.05, 3.63) is 22.0 Å². The van der Waals surface area contributed by atoms with Gasteiger partial charge in [0, 0.05) is 0 Å². The summed E-state index contributed by atoms with van der Waals surface area (Å²) in [5.41, 5.74) is -0.478. The van der Waals surface area contributed by atoms with Gasteiger partial charge in [0.1, 0.15) is 6.20 Å². The highest BCUT2D eigenvalue weighted by molar-refractivity contribution is 5.91. The Morgan fingerprint density at radius 2 is 2.28 bits per heavy atom. The predicted molar refractivity (Wildman–Crippen MR) is 62.3 cm³/mol. The minimum atomic E-state index is -0.735. The first-order valence-corrected chi connectivity index (χ1v) is 6.04. The summed E-state index contributed by atoms with van der Waals surface area (Å²) in [6, 6.07) is 0.159. The van der Waals surface area contributed by atoms with Crippen molar-refractivity contribution in [2.24, 2.45) is 0 Å². The highest BCUT2D eigenvalue weighted by atomic mass is 16.6. The van der Waals surface area contributed by atoms with Crippen LogP contribution in [0.5, 0.6) is 0 Å². The van der Waals surface area contributed by atoms with Crippen molar-refractivity contribution < 1.29 is 14.5 Å². The second-order valence-corrected chi connectivity index (χ2v) is 4.26. The molecule has 1 aromatic rings. The second-order valence-electron chi connectivity index (χ2n) is 4.26. The van der Waals surface area contributed by atoms with Gasteiger partial charge in [0.05, 0.1) is 17.6 Å². The summed E-state index contributed by atoms with van der Waals surface area (Å²) in [7, 11) is 0. The maximum atomic E-state index is 11.6. The molecule has 1 aromatic heterocycles. The van der Waals surface area contributed by atoms with Crippen molar-refractivity contribution in [1.82, 2.24) is 9.78 Å². The van der Waals surface area contributed by atoms with E-state index in [-0.39, 0.29) is 24.0 Å². The van der Waals surface area contributed by atoms with Gasteiger partial charge in [-0.05, 0) is 19.8 Å². The normalized spacial score (nSPS) is 15.8. The summed E-state index contributed by atoms with van der Waals surface area (Å²) >= 11 is 0. The lowest BCUT2D eigenvalue weighted by molar-refractivity contribution is -0.385. The molecule has 0 aromatic carbocycles. The predicted octanol–water partition coefficient (Wildman–Crippen LogP) is 2.08. The molecule has 1 aliphatic carbocycles. The number of nitrogens with zero attached hydrogens (tertiary/aromatic N) is 3. The Balaban J connectivity index is 2.31. The molecule has 0 bridgehead atoms. The maximum Gasteiger partial charge on any atom is 0.366 e. The van der Waals surface area contributed by atoms with Gasteiger partial charge in [0.25, 0.3) is 0 Å². The third-order valence-corrected chi connectivity index (χ3v) is 3.08. The number of aromatic nitrogens is 2. The van der Waals surface area contributed by atoms with Gasteiger partial charge in [-0.3, -0.25) is 14.8 Å². The number of ether oxygens (including phenoxy) is 1. The molecule has 98 valence electrons. The Morgan fingerprint density at radius 1 is 1.61 bits per heavy atom. The minimum absolute atomic E-state index is 0.159. The van der Waals surface area contributed by atoms with E-state index in [9.17, 15) is 14.9 Å². The molecule has 0 atom stereocenters. The highest BCUT2D eigenvalue weighted by Gasteiger charge is 2.29. The molecule has 0 saturated heterocycles. The Hall–Kier alpha value is -1.92. The molecule has 1 saturated carbocycles. The fourth-order valence-corrected chi connectivity index (χ4v) is 2.22. The van der Waals surface area contributed by atoms with Crippen molar-refractivity contribution in [1.29, 1.82) is 0 Å². The van der Waals surface area contributed by atoms with Gasteiger partial charge in [0.2, 0.25) is 5.69 Å². The number of carbonyl (C=O) groups is 1. The van der Waals surface area contributed by atoms with Crippen LogP contribution in [-0.4, -0.2) is 27.3 Å². The standard InChI is InChI=1S/C11H15N3O4/c1-2-18-11(15)10-9(14(16)17)7-13(12-10)8-5-3-4-6-8/h7-8H,2-6H2,1H3. The molecule has 7 nitrogen and oxygen atoms in total. The lowest BCUT2D eigenvalue weighted by Crippen LogP contribution is -2.10. The van der Waals surface area contributed by atoms with E-state index in [4.69, 9.17) is 4.74 Å². The van der Waals surface area contributed by atoms with E-state index in [1.807, 2.05) is 0 Å². The van der Waals surface area contributed by atoms with Gasteiger partial charge < -0.3 is 4.74 Å². The maximum absolute atomic E-state index is 11.6. The van der Waals surface area contributed by atoms with Crippen LogP contribution in [0.2, 0.25) is 0 Å².